The molecule has 1 aromatic rings. The zero-order chi connectivity index (χ0) is 16.4. The first-order valence-electron chi connectivity index (χ1n) is 7.20. The van der Waals surface area contributed by atoms with Gasteiger partial charge in [-0.15, -0.1) is 0 Å². The first kappa shape index (κ1) is 18.2. The molecule has 0 bridgehead atoms. The summed E-state index contributed by atoms with van der Waals surface area (Å²) in [6, 6.07) is 7.22. The molecule has 2 amide bonds. The van der Waals surface area contributed by atoms with E-state index >= 15 is 0 Å². The van der Waals surface area contributed by atoms with Crippen molar-refractivity contribution in [1.82, 2.24) is 5.48 Å². The molecule has 0 aromatic heterocycles. The molecule has 1 aromatic carbocycles. The molecule has 0 saturated heterocycles. The zero-order valence-corrected chi connectivity index (χ0v) is 13.2. The summed E-state index contributed by atoms with van der Waals surface area (Å²) < 4.78 is 0. The SMILES string of the molecule is C=C(Cl)c1cccc(NC(=O)CCCCCCC(=O)NO)c1. The third-order valence-electron chi connectivity index (χ3n) is 3.14. The number of nitrogens with one attached hydrogen (secondary N) is 2. The molecule has 1 rings (SSSR count). The fourth-order valence-electron chi connectivity index (χ4n) is 1.97. The van der Waals surface area contributed by atoms with Crippen LogP contribution in [0.5, 0.6) is 0 Å². The van der Waals surface area contributed by atoms with Crippen molar-refractivity contribution >= 4 is 34.1 Å². The molecule has 120 valence electrons. The Morgan fingerprint density at radius 1 is 1.09 bits per heavy atom. The zero-order valence-electron chi connectivity index (χ0n) is 12.4. The third kappa shape index (κ3) is 7.24. The molecule has 0 saturated carbocycles. The molecule has 0 heterocycles. The van der Waals surface area contributed by atoms with Gasteiger partial charge >= 0.3 is 0 Å². The smallest absolute Gasteiger partial charge is 0.243 e. The number of hydrogen-bond acceptors (Lipinski definition) is 3. The molecule has 0 aliphatic rings. The minimum Gasteiger partial charge on any atom is -0.326 e. The molecule has 3 N–H and O–H groups in total. The van der Waals surface area contributed by atoms with Crippen molar-refractivity contribution in [3.8, 4) is 0 Å². The van der Waals surface area contributed by atoms with Crippen LogP contribution in [0.25, 0.3) is 5.03 Å². The maximum atomic E-state index is 11.8. The molecule has 6 heteroatoms. The summed E-state index contributed by atoms with van der Waals surface area (Å²) in [5.41, 5.74) is 3.07. The van der Waals surface area contributed by atoms with Gasteiger partial charge in [-0.3, -0.25) is 14.8 Å². The van der Waals surface area contributed by atoms with E-state index in [1.807, 2.05) is 12.1 Å². The second kappa shape index (κ2) is 9.97. The molecule has 0 atom stereocenters. The van der Waals surface area contributed by atoms with E-state index < -0.39 is 0 Å². The Bertz CT molecular complexity index is 532. The number of benzene rings is 1. The molecular formula is C16H21ClN2O3. The number of hydrogen-bond donors (Lipinski definition) is 3. The van der Waals surface area contributed by atoms with Crippen molar-refractivity contribution in [2.45, 2.75) is 38.5 Å². The average Bonchev–Trinajstić information content (AvgIpc) is 2.50. The fraction of sp³-hybridized carbons (Fsp3) is 0.375. The molecule has 22 heavy (non-hydrogen) atoms. The first-order chi connectivity index (χ1) is 10.5. The van der Waals surface area contributed by atoms with Crippen molar-refractivity contribution in [3.05, 3.63) is 36.4 Å². The number of halogens is 1. The van der Waals surface area contributed by atoms with Crippen LogP contribution in [-0.4, -0.2) is 17.0 Å². The highest BCUT2D eigenvalue weighted by Crippen LogP contribution is 2.20. The Kier molecular flexibility index (Phi) is 8.25. The van der Waals surface area contributed by atoms with Crippen molar-refractivity contribution < 1.29 is 14.8 Å². The summed E-state index contributed by atoms with van der Waals surface area (Å²) in [6.07, 6.45) is 3.91. The van der Waals surface area contributed by atoms with Gasteiger partial charge < -0.3 is 5.32 Å². The number of anilines is 1. The summed E-state index contributed by atoms with van der Waals surface area (Å²) in [6.45, 7) is 3.65. The summed E-state index contributed by atoms with van der Waals surface area (Å²) >= 11 is 5.83. The number of rotatable bonds is 9. The number of amides is 2. The average molecular weight is 325 g/mol. The van der Waals surface area contributed by atoms with Gasteiger partial charge in [0.15, 0.2) is 0 Å². The van der Waals surface area contributed by atoms with Crippen molar-refractivity contribution in [3.63, 3.8) is 0 Å². The van der Waals surface area contributed by atoms with E-state index in [4.69, 9.17) is 16.8 Å². The second-order valence-corrected chi connectivity index (χ2v) is 5.44. The second-order valence-electron chi connectivity index (χ2n) is 4.98. The molecule has 5 nitrogen and oxygen atoms in total. The number of carbonyl (C=O) groups is 2. The van der Waals surface area contributed by atoms with Crippen LogP contribution in [0.4, 0.5) is 5.69 Å². The predicted molar refractivity (Wildman–Crippen MR) is 87.6 cm³/mol. The normalized spacial score (nSPS) is 10.1. The number of hydroxylamine groups is 1. The predicted octanol–water partition coefficient (Wildman–Crippen LogP) is 3.68. The van der Waals surface area contributed by atoms with Gasteiger partial charge in [-0.2, -0.15) is 0 Å². The highest BCUT2D eigenvalue weighted by atomic mass is 35.5. The molecule has 0 radical (unpaired) electrons. The Hall–Kier alpha value is -1.85. The highest BCUT2D eigenvalue weighted by molar-refractivity contribution is 6.48. The molecular weight excluding hydrogens is 304 g/mol. The van der Waals surface area contributed by atoms with Crippen LogP contribution in [-0.2, 0) is 9.59 Å². The van der Waals surface area contributed by atoms with Gasteiger partial charge in [0, 0.05) is 23.6 Å². The van der Waals surface area contributed by atoms with Gasteiger partial charge in [0.2, 0.25) is 11.8 Å². The molecule has 0 spiro atoms. The van der Waals surface area contributed by atoms with Crippen molar-refractivity contribution in [2.75, 3.05) is 5.32 Å². The van der Waals surface area contributed by atoms with Gasteiger partial charge in [-0.25, -0.2) is 5.48 Å². The summed E-state index contributed by atoms with van der Waals surface area (Å²) in [5, 5.41) is 11.6. The summed E-state index contributed by atoms with van der Waals surface area (Å²) in [4.78, 5) is 22.6. The Balaban J connectivity index is 2.22. The summed E-state index contributed by atoms with van der Waals surface area (Å²) in [7, 11) is 0. The Morgan fingerprint density at radius 3 is 2.32 bits per heavy atom. The standard InChI is InChI=1S/C16H21ClN2O3/c1-12(17)13-7-6-8-14(11-13)18-15(20)9-4-2-3-5-10-16(21)19-22/h6-8,11,22H,1-5,9-10H2,(H,18,20)(H,19,21). The number of carbonyl (C=O) groups excluding carboxylic acids is 2. The van der Waals surface area contributed by atoms with Crippen LogP contribution >= 0.6 is 11.6 Å². The van der Waals surface area contributed by atoms with E-state index in [1.54, 1.807) is 17.6 Å². The minimum absolute atomic E-state index is 0.0505. The van der Waals surface area contributed by atoms with Gasteiger partial charge in [-0.05, 0) is 30.5 Å². The lowest BCUT2D eigenvalue weighted by atomic mass is 10.1. The van der Waals surface area contributed by atoms with Crippen LogP contribution in [0.3, 0.4) is 0 Å². The monoisotopic (exact) mass is 324 g/mol. The quantitative estimate of drug-likeness (QED) is 0.368. The van der Waals surface area contributed by atoms with Crippen LogP contribution in [0.1, 0.15) is 44.1 Å². The van der Waals surface area contributed by atoms with Crippen molar-refractivity contribution in [2.24, 2.45) is 0 Å². The summed E-state index contributed by atoms with van der Waals surface area (Å²) in [5.74, 6) is -0.427. The van der Waals surface area contributed by atoms with E-state index in [1.165, 1.54) is 0 Å². The topological polar surface area (TPSA) is 78.4 Å². The molecule has 0 aliphatic carbocycles. The first-order valence-corrected chi connectivity index (χ1v) is 7.58. The van der Waals surface area contributed by atoms with Gasteiger partial charge in [0.25, 0.3) is 0 Å². The maximum Gasteiger partial charge on any atom is 0.243 e. The molecule has 0 aliphatic heterocycles. The van der Waals surface area contributed by atoms with E-state index in [-0.39, 0.29) is 11.8 Å². The van der Waals surface area contributed by atoms with E-state index in [2.05, 4.69) is 11.9 Å². The maximum absolute atomic E-state index is 11.8. The largest absolute Gasteiger partial charge is 0.326 e. The lowest BCUT2D eigenvalue weighted by molar-refractivity contribution is -0.129. The highest BCUT2D eigenvalue weighted by Gasteiger charge is 2.04. The lowest BCUT2D eigenvalue weighted by Gasteiger charge is -2.07. The van der Waals surface area contributed by atoms with Crippen molar-refractivity contribution in [1.29, 1.82) is 0 Å². The van der Waals surface area contributed by atoms with Gasteiger partial charge in [0.1, 0.15) is 0 Å². The van der Waals surface area contributed by atoms with Crippen LogP contribution in [0, 0.1) is 0 Å². The Morgan fingerprint density at radius 2 is 1.73 bits per heavy atom. The van der Waals surface area contributed by atoms with Crippen LogP contribution < -0.4 is 10.8 Å². The van der Waals surface area contributed by atoms with E-state index in [9.17, 15) is 9.59 Å². The van der Waals surface area contributed by atoms with Gasteiger partial charge in [-0.1, -0.05) is 43.2 Å². The van der Waals surface area contributed by atoms with Crippen LogP contribution in [0.15, 0.2) is 30.8 Å². The lowest BCUT2D eigenvalue weighted by Crippen LogP contribution is -2.17. The fourth-order valence-corrected chi connectivity index (χ4v) is 2.09. The Labute approximate surface area is 135 Å². The number of unbranched alkanes of at least 4 members (excludes halogenated alkanes) is 3. The third-order valence-corrected chi connectivity index (χ3v) is 3.36. The minimum atomic E-state index is -0.376. The van der Waals surface area contributed by atoms with Crippen LogP contribution in [0.2, 0.25) is 0 Å². The van der Waals surface area contributed by atoms with E-state index in [0.717, 1.165) is 24.8 Å². The van der Waals surface area contributed by atoms with E-state index in [0.29, 0.717) is 30.0 Å². The molecule has 0 unspecified atom stereocenters. The molecule has 0 fully saturated rings. The van der Waals surface area contributed by atoms with Gasteiger partial charge in [0.05, 0.1) is 0 Å².